The Morgan fingerprint density at radius 1 is 1.53 bits per heavy atom. The van der Waals surface area contributed by atoms with Gasteiger partial charge in [0.1, 0.15) is 5.82 Å². The summed E-state index contributed by atoms with van der Waals surface area (Å²) < 4.78 is 21.2. The van der Waals surface area contributed by atoms with Crippen molar-refractivity contribution in [3.63, 3.8) is 0 Å². The summed E-state index contributed by atoms with van der Waals surface area (Å²) in [5, 5.41) is 7.90. The van der Waals surface area contributed by atoms with E-state index >= 15 is 0 Å². The average molecular weight is 251 g/mol. The highest BCUT2D eigenvalue weighted by molar-refractivity contribution is 7.89. The first-order valence-corrected chi connectivity index (χ1v) is 6.13. The van der Waals surface area contributed by atoms with Crippen LogP contribution in [0.15, 0.2) is 12.3 Å². The number of nitrogens with one attached hydrogen (secondary N) is 1. The minimum atomic E-state index is -3.47. The molecule has 0 saturated heterocycles. The highest BCUT2D eigenvalue weighted by Crippen LogP contribution is 2.20. The Kier molecular flexibility index (Phi) is 3.72. The van der Waals surface area contributed by atoms with Crippen LogP contribution in [0, 0.1) is 0 Å². The van der Waals surface area contributed by atoms with Crippen molar-refractivity contribution < 1.29 is 8.42 Å². The number of hydrogen-bond acceptors (Lipinski definition) is 5. The van der Waals surface area contributed by atoms with Gasteiger partial charge in [0, 0.05) is 6.54 Å². The molecular formula is C7H11ClN4O2S. The van der Waals surface area contributed by atoms with Gasteiger partial charge in [0.05, 0.1) is 22.7 Å². The van der Waals surface area contributed by atoms with Crippen LogP contribution in [-0.2, 0) is 10.0 Å². The average Bonchev–Trinajstić information content (AvgIpc) is 2.07. The number of anilines is 2. The summed E-state index contributed by atoms with van der Waals surface area (Å²) in [4.78, 5) is 3.89. The van der Waals surface area contributed by atoms with Crippen molar-refractivity contribution in [1.82, 2.24) is 4.98 Å². The van der Waals surface area contributed by atoms with Gasteiger partial charge in [-0.3, -0.25) is 0 Å². The Morgan fingerprint density at radius 3 is 2.73 bits per heavy atom. The Bertz CT molecular complexity index is 448. The first-order chi connectivity index (χ1) is 6.88. The lowest BCUT2D eigenvalue weighted by atomic mass is 10.4. The highest BCUT2D eigenvalue weighted by Gasteiger charge is 2.05. The molecule has 1 heterocycles. The molecule has 1 aromatic rings. The summed E-state index contributed by atoms with van der Waals surface area (Å²) in [7, 11) is -3.47. The van der Waals surface area contributed by atoms with Crippen molar-refractivity contribution in [2.45, 2.75) is 0 Å². The smallest absolute Gasteiger partial charge is 0.210 e. The van der Waals surface area contributed by atoms with Gasteiger partial charge in [0.25, 0.3) is 0 Å². The number of nitrogens with two attached hydrogens (primary N) is 2. The minimum absolute atomic E-state index is 0.148. The van der Waals surface area contributed by atoms with Crippen molar-refractivity contribution in [2.24, 2.45) is 5.14 Å². The zero-order valence-corrected chi connectivity index (χ0v) is 9.35. The van der Waals surface area contributed by atoms with Crippen LogP contribution in [-0.4, -0.2) is 25.7 Å². The fraction of sp³-hybridized carbons (Fsp3) is 0.286. The number of pyridine rings is 1. The van der Waals surface area contributed by atoms with Crippen LogP contribution in [0.1, 0.15) is 0 Å². The van der Waals surface area contributed by atoms with Gasteiger partial charge in [-0.1, -0.05) is 11.6 Å². The number of sulfonamides is 1. The zero-order chi connectivity index (χ0) is 11.5. The summed E-state index contributed by atoms with van der Waals surface area (Å²) in [6, 6.07) is 1.52. The van der Waals surface area contributed by atoms with Gasteiger partial charge in [-0.25, -0.2) is 18.5 Å². The molecule has 0 aliphatic heterocycles. The van der Waals surface area contributed by atoms with E-state index < -0.39 is 10.0 Å². The molecule has 15 heavy (non-hydrogen) atoms. The largest absolute Gasteiger partial charge is 0.397 e. The van der Waals surface area contributed by atoms with Crippen molar-refractivity contribution in [1.29, 1.82) is 0 Å². The van der Waals surface area contributed by atoms with Crippen LogP contribution < -0.4 is 16.2 Å². The van der Waals surface area contributed by atoms with E-state index in [9.17, 15) is 8.42 Å². The van der Waals surface area contributed by atoms with Crippen LogP contribution in [0.5, 0.6) is 0 Å². The monoisotopic (exact) mass is 250 g/mol. The molecule has 0 atom stereocenters. The zero-order valence-electron chi connectivity index (χ0n) is 7.77. The molecule has 8 heteroatoms. The summed E-state index contributed by atoms with van der Waals surface area (Å²) in [6.07, 6.45) is 1.42. The lowest BCUT2D eigenvalue weighted by Gasteiger charge is -2.06. The third-order valence-corrected chi connectivity index (χ3v) is 2.60. The molecule has 0 amide bonds. The quantitative estimate of drug-likeness (QED) is 0.697. The molecule has 0 bridgehead atoms. The van der Waals surface area contributed by atoms with E-state index in [-0.39, 0.29) is 12.3 Å². The number of nitrogens with zero attached hydrogens (tertiary/aromatic N) is 1. The molecule has 1 aromatic heterocycles. The molecule has 0 aliphatic rings. The van der Waals surface area contributed by atoms with E-state index in [2.05, 4.69) is 10.3 Å². The Morgan fingerprint density at radius 2 is 2.20 bits per heavy atom. The van der Waals surface area contributed by atoms with Gasteiger partial charge in [0.15, 0.2) is 0 Å². The molecule has 0 fully saturated rings. The van der Waals surface area contributed by atoms with Gasteiger partial charge < -0.3 is 11.1 Å². The van der Waals surface area contributed by atoms with Crippen molar-refractivity contribution in [3.05, 3.63) is 17.3 Å². The summed E-state index contributed by atoms with van der Waals surface area (Å²) in [5.74, 6) is 0.199. The number of nitrogen functional groups attached to an aromatic ring is 1. The topological polar surface area (TPSA) is 111 Å². The van der Waals surface area contributed by atoms with Crippen LogP contribution in [0.4, 0.5) is 11.5 Å². The Balaban J connectivity index is 2.59. The summed E-state index contributed by atoms with van der Waals surface area (Å²) in [5.41, 5.74) is 5.88. The number of rotatable bonds is 4. The predicted octanol–water partition coefficient (Wildman–Crippen LogP) is 0.0176. The summed E-state index contributed by atoms with van der Waals surface area (Å²) >= 11 is 5.79. The third kappa shape index (κ3) is 4.32. The van der Waals surface area contributed by atoms with E-state index in [0.717, 1.165) is 0 Å². The standard InChI is InChI=1S/C7H11ClN4O2S/c8-6-3-5(9)4-12-7(6)11-1-2-15(10,13)14/h3-4H,1-2,9H2,(H,11,12)(H2,10,13,14). The Hall–Kier alpha value is -1.05. The molecule has 0 aliphatic carbocycles. The van der Waals surface area contributed by atoms with E-state index in [0.29, 0.717) is 16.5 Å². The second kappa shape index (κ2) is 4.65. The molecule has 1 rings (SSSR count). The molecule has 0 radical (unpaired) electrons. The molecule has 0 saturated carbocycles. The van der Waals surface area contributed by atoms with Crippen LogP contribution in [0.25, 0.3) is 0 Å². The maximum atomic E-state index is 10.6. The molecular weight excluding hydrogens is 240 g/mol. The molecule has 0 spiro atoms. The third-order valence-electron chi connectivity index (χ3n) is 1.54. The van der Waals surface area contributed by atoms with E-state index in [4.69, 9.17) is 22.5 Å². The lowest BCUT2D eigenvalue weighted by Crippen LogP contribution is -2.22. The minimum Gasteiger partial charge on any atom is -0.397 e. The van der Waals surface area contributed by atoms with Gasteiger partial charge in [0.2, 0.25) is 10.0 Å². The summed E-state index contributed by atoms with van der Waals surface area (Å²) in [6.45, 7) is 0.148. The maximum absolute atomic E-state index is 10.6. The normalized spacial score (nSPS) is 11.3. The van der Waals surface area contributed by atoms with E-state index in [1.54, 1.807) is 0 Å². The predicted molar refractivity (Wildman–Crippen MR) is 60.1 cm³/mol. The fourth-order valence-electron chi connectivity index (χ4n) is 0.894. The number of primary sulfonamides is 1. The van der Waals surface area contributed by atoms with Gasteiger partial charge in [-0.15, -0.1) is 0 Å². The van der Waals surface area contributed by atoms with E-state index in [1.165, 1.54) is 12.3 Å². The van der Waals surface area contributed by atoms with Gasteiger partial charge in [-0.05, 0) is 6.07 Å². The first kappa shape index (κ1) is 12.0. The van der Waals surface area contributed by atoms with Crippen LogP contribution >= 0.6 is 11.6 Å². The highest BCUT2D eigenvalue weighted by atomic mass is 35.5. The van der Waals surface area contributed by atoms with Gasteiger partial charge in [-0.2, -0.15) is 0 Å². The molecule has 84 valence electrons. The molecule has 0 unspecified atom stereocenters. The number of hydrogen-bond donors (Lipinski definition) is 3. The number of aromatic nitrogens is 1. The first-order valence-electron chi connectivity index (χ1n) is 4.04. The van der Waals surface area contributed by atoms with Crippen molar-refractivity contribution >= 4 is 33.1 Å². The van der Waals surface area contributed by atoms with E-state index in [1.807, 2.05) is 0 Å². The molecule has 5 N–H and O–H groups in total. The van der Waals surface area contributed by atoms with Crippen LogP contribution in [0.3, 0.4) is 0 Å². The SMILES string of the molecule is Nc1cnc(NCCS(N)(=O)=O)c(Cl)c1. The maximum Gasteiger partial charge on any atom is 0.210 e. The Labute approximate surface area is 92.7 Å². The van der Waals surface area contributed by atoms with Crippen LogP contribution in [0.2, 0.25) is 5.02 Å². The van der Waals surface area contributed by atoms with Crippen molar-refractivity contribution in [3.8, 4) is 0 Å². The number of halogens is 1. The van der Waals surface area contributed by atoms with Gasteiger partial charge >= 0.3 is 0 Å². The lowest BCUT2D eigenvalue weighted by molar-refractivity contribution is 0.598. The second-order valence-electron chi connectivity index (χ2n) is 2.89. The van der Waals surface area contributed by atoms with Crippen molar-refractivity contribution in [2.75, 3.05) is 23.3 Å². The second-order valence-corrected chi connectivity index (χ2v) is 5.03. The molecule has 0 aromatic carbocycles. The fourth-order valence-corrected chi connectivity index (χ4v) is 1.52. The molecule has 6 nitrogen and oxygen atoms in total.